The van der Waals surface area contributed by atoms with E-state index in [1.165, 1.54) is 0 Å². The van der Waals surface area contributed by atoms with Gasteiger partial charge in [0.25, 0.3) is 0 Å². The van der Waals surface area contributed by atoms with Crippen LogP contribution in [0.15, 0.2) is 18.3 Å². The van der Waals surface area contributed by atoms with Crippen LogP contribution in [0.3, 0.4) is 0 Å². The summed E-state index contributed by atoms with van der Waals surface area (Å²) in [4.78, 5) is 15.1. The highest BCUT2D eigenvalue weighted by atomic mass is 32.3. The molecule has 0 aliphatic heterocycles. The Morgan fingerprint density at radius 1 is 1.29 bits per heavy atom. The molecule has 0 spiro atoms. The quantitative estimate of drug-likeness (QED) is 0.640. The molecule has 14 heavy (non-hydrogen) atoms. The molecule has 5 heteroatoms. The second-order valence-electron chi connectivity index (χ2n) is 2.58. The van der Waals surface area contributed by atoms with Gasteiger partial charge < -0.3 is 4.98 Å². The van der Waals surface area contributed by atoms with Gasteiger partial charge in [-0.15, -0.1) is 35.3 Å². The predicted molar refractivity (Wildman–Crippen MR) is 68.4 cm³/mol. The number of thioether (sulfide) groups is 3. The van der Waals surface area contributed by atoms with Crippen molar-refractivity contribution in [3.8, 4) is 0 Å². The van der Waals surface area contributed by atoms with Gasteiger partial charge in [0.05, 0.1) is 5.69 Å². The van der Waals surface area contributed by atoms with Crippen LogP contribution >= 0.6 is 35.3 Å². The minimum Gasteiger partial charge on any atom is -0.359 e. The first-order valence-electron chi connectivity index (χ1n) is 4.04. The third-order valence-electron chi connectivity index (χ3n) is 1.93. The van der Waals surface area contributed by atoms with Gasteiger partial charge in [-0.1, -0.05) is 0 Å². The lowest BCUT2D eigenvalue weighted by Crippen LogP contribution is -2.27. The lowest BCUT2D eigenvalue weighted by Gasteiger charge is -2.25. The third-order valence-corrected chi connectivity index (χ3v) is 7.10. The average Bonchev–Trinajstić information content (AvgIpc) is 2.74. The molecule has 0 fully saturated rings. The number of aromatic nitrogens is 1. The fraction of sp³-hybridized carbons (Fsp3) is 0.444. The van der Waals surface area contributed by atoms with Gasteiger partial charge in [0, 0.05) is 6.20 Å². The molecule has 0 unspecified atom stereocenters. The van der Waals surface area contributed by atoms with Gasteiger partial charge in [-0.2, -0.15) is 0 Å². The van der Waals surface area contributed by atoms with Crippen molar-refractivity contribution in [2.24, 2.45) is 0 Å². The van der Waals surface area contributed by atoms with Crippen LogP contribution in [0.2, 0.25) is 0 Å². The molecular formula is C9H13NOS3. The molecule has 1 N–H and O–H groups in total. The number of hydrogen-bond donors (Lipinski definition) is 1. The Kier molecular flexibility index (Phi) is 4.47. The maximum absolute atomic E-state index is 12.1. The molecule has 0 aliphatic carbocycles. The van der Waals surface area contributed by atoms with Gasteiger partial charge in [-0.3, -0.25) is 4.79 Å². The highest BCUT2D eigenvalue weighted by molar-refractivity contribution is 8.34. The first-order valence-corrected chi connectivity index (χ1v) is 7.71. The van der Waals surface area contributed by atoms with Gasteiger partial charge in [0.1, 0.15) is 0 Å². The highest BCUT2D eigenvalue weighted by Gasteiger charge is 2.37. The summed E-state index contributed by atoms with van der Waals surface area (Å²) in [5, 5.41) is 0. The monoisotopic (exact) mass is 247 g/mol. The van der Waals surface area contributed by atoms with Crippen LogP contribution in [-0.2, 0) is 0 Å². The Hall–Kier alpha value is -0.000000000000000278. The summed E-state index contributed by atoms with van der Waals surface area (Å²) in [6.07, 6.45) is 7.68. The maximum atomic E-state index is 12.1. The van der Waals surface area contributed by atoms with Crippen LogP contribution in [0.25, 0.3) is 0 Å². The van der Waals surface area contributed by atoms with E-state index in [0.717, 1.165) is 0 Å². The van der Waals surface area contributed by atoms with Crippen molar-refractivity contribution >= 4 is 41.1 Å². The summed E-state index contributed by atoms with van der Waals surface area (Å²) in [5.74, 6) is 0.148. The zero-order valence-corrected chi connectivity index (χ0v) is 10.8. The largest absolute Gasteiger partial charge is 0.359 e. The van der Waals surface area contributed by atoms with Crippen molar-refractivity contribution in [1.82, 2.24) is 4.98 Å². The summed E-state index contributed by atoms with van der Waals surface area (Å²) in [5.41, 5.74) is 0.683. The van der Waals surface area contributed by atoms with E-state index in [1.54, 1.807) is 41.5 Å². The number of nitrogens with one attached hydrogen (secondary N) is 1. The molecule has 1 heterocycles. The van der Waals surface area contributed by atoms with Gasteiger partial charge in [-0.25, -0.2) is 0 Å². The summed E-state index contributed by atoms with van der Waals surface area (Å²) in [6, 6.07) is 3.67. The van der Waals surface area contributed by atoms with Crippen LogP contribution in [0.1, 0.15) is 10.5 Å². The third kappa shape index (κ3) is 2.15. The molecule has 0 amide bonds. The second kappa shape index (κ2) is 5.19. The molecule has 0 aliphatic rings. The van der Waals surface area contributed by atoms with Gasteiger partial charge in [-0.05, 0) is 30.9 Å². The fourth-order valence-electron chi connectivity index (χ4n) is 1.16. The molecule has 0 radical (unpaired) electrons. The van der Waals surface area contributed by atoms with E-state index >= 15 is 0 Å². The molecule has 2 nitrogen and oxygen atoms in total. The number of hydrogen-bond acceptors (Lipinski definition) is 4. The van der Waals surface area contributed by atoms with Crippen molar-refractivity contribution < 1.29 is 4.79 Å². The van der Waals surface area contributed by atoms with Crippen LogP contribution < -0.4 is 0 Å². The summed E-state index contributed by atoms with van der Waals surface area (Å²) in [6.45, 7) is 0. The van der Waals surface area contributed by atoms with E-state index in [4.69, 9.17) is 0 Å². The molecule has 78 valence electrons. The lowest BCUT2D eigenvalue weighted by molar-refractivity contribution is 0.0998. The van der Waals surface area contributed by atoms with E-state index in [9.17, 15) is 4.79 Å². The van der Waals surface area contributed by atoms with E-state index < -0.39 is 3.41 Å². The Labute approximate surface area is 97.0 Å². The van der Waals surface area contributed by atoms with Crippen molar-refractivity contribution in [2.45, 2.75) is 3.41 Å². The molecule has 1 aromatic rings. The first-order chi connectivity index (χ1) is 6.70. The maximum Gasteiger partial charge on any atom is 0.215 e. The normalized spacial score (nSPS) is 11.6. The molecule has 0 aromatic carbocycles. The summed E-state index contributed by atoms with van der Waals surface area (Å²) < 4.78 is -0.412. The molecule has 1 rings (SSSR count). The summed E-state index contributed by atoms with van der Waals surface area (Å²) >= 11 is 4.74. The van der Waals surface area contributed by atoms with E-state index in [2.05, 4.69) is 4.98 Å². The predicted octanol–water partition coefficient (Wildman–Crippen LogP) is 2.94. The minimum absolute atomic E-state index is 0.148. The number of ketones is 1. The van der Waals surface area contributed by atoms with Gasteiger partial charge >= 0.3 is 0 Å². The van der Waals surface area contributed by atoms with Crippen LogP contribution in [0.5, 0.6) is 0 Å². The Morgan fingerprint density at radius 3 is 2.21 bits per heavy atom. The smallest absolute Gasteiger partial charge is 0.215 e. The fourth-order valence-corrected chi connectivity index (χ4v) is 4.05. The number of aromatic amines is 1. The molecule has 0 bridgehead atoms. The summed E-state index contributed by atoms with van der Waals surface area (Å²) in [7, 11) is 0. The van der Waals surface area contributed by atoms with Crippen LogP contribution in [0.4, 0.5) is 0 Å². The van der Waals surface area contributed by atoms with Gasteiger partial charge in [0.15, 0.2) is 3.41 Å². The zero-order chi connectivity index (χ0) is 10.6. The van der Waals surface area contributed by atoms with Crippen molar-refractivity contribution in [2.75, 3.05) is 18.8 Å². The lowest BCUT2D eigenvalue weighted by atomic mass is 10.3. The Bertz CT molecular complexity index is 285. The number of H-pyrrole nitrogens is 1. The molecule has 1 aromatic heterocycles. The first kappa shape index (κ1) is 12.1. The number of carbonyl (C=O) groups excluding carboxylic acids is 1. The molecule has 0 saturated carbocycles. The van der Waals surface area contributed by atoms with Crippen LogP contribution in [0, 0.1) is 0 Å². The number of carbonyl (C=O) groups is 1. The second-order valence-corrected chi connectivity index (χ2v) is 6.42. The standard InChI is InChI=1S/C9H13NOS3/c1-12-9(13-2,14-3)8(11)7-5-4-6-10-7/h4-6,10H,1-3H3. The van der Waals surface area contributed by atoms with Gasteiger partial charge in [0.2, 0.25) is 5.78 Å². The van der Waals surface area contributed by atoms with Crippen molar-refractivity contribution in [3.63, 3.8) is 0 Å². The number of Topliss-reactive ketones (excluding diaryl/α,β-unsaturated/α-hetero) is 1. The van der Waals surface area contributed by atoms with E-state index in [-0.39, 0.29) is 5.78 Å². The van der Waals surface area contributed by atoms with Crippen molar-refractivity contribution in [3.05, 3.63) is 24.0 Å². The average molecular weight is 247 g/mol. The SMILES string of the molecule is CSC(SC)(SC)C(=O)c1ccc[nH]1. The molecule has 0 saturated heterocycles. The van der Waals surface area contributed by atoms with Crippen LogP contribution in [-0.4, -0.2) is 32.9 Å². The minimum atomic E-state index is -0.412. The molecule has 0 atom stereocenters. The van der Waals surface area contributed by atoms with E-state index in [1.807, 2.05) is 30.9 Å². The molecular weight excluding hydrogens is 234 g/mol. The number of rotatable bonds is 5. The van der Waals surface area contributed by atoms with Crippen molar-refractivity contribution in [1.29, 1.82) is 0 Å². The highest BCUT2D eigenvalue weighted by Crippen LogP contribution is 2.45. The topological polar surface area (TPSA) is 32.9 Å². The Morgan fingerprint density at radius 2 is 1.86 bits per heavy atom. The zero-order valence-electron chi connectivity index (χ0n) is 8.37. The Balaban J connectivity index is 2.95. The van der Waals surface area contributed by atoms with E-state index in [0.29, 0.717) is 5.69 Å².